The Morgan fingerprint density at radius 1 is 1.53 bits per heavy atom. The van der Waals surface area contributed by atoms with Gasteiger partial charge in [0.25, 0.3) is 0 Å². The van der Waals surface area contributed by atoms with Crippen LogP contribution in [0.2, 0.25) is 5.02 Å². The Hall–Kier alpha value is -1.26. The molecule has 0 aliphatic rings. The van der Waals surface area contributed by atoms with Crippen molar-refractivity contribution >= 4 is 17.5 Å². The third kappa shape index (κ3) is 4.24. The van der Waals surface area contributed by atoms with E-state index in [1.807, 2.05) is 6.07 Å². The fraction of sp³-hybridized carbons (Fsp3) is 0.417. The van der Waals surface area contributed by atoms with E-state index >= 15 is 0 Å². The van der Waals surface area contributed by atoms with Crippen LogP contribution in [0.5, 0.6) is 5.75 Å². The lowest BCUT2D eigenvalue weighted by Gasteiger charge is -2.13. The van der Waals surface area contributed by atoms with Crippen LogP contribution in [-0.4, -0.2) is 13.0 Å². The van der Waals surface area contributed by atoms with E-state index in [0.29, 0.717) is 30.0 Å². The molecule has 0 aliphatic heterocycles. The average Bonchev–Trinajstić information content (AvgIpc) is 2.28. The van der Waals surface area contributed by atoms with Gasteiger partial charge in [-0.25, -0.2) is 0 Å². The molecule has 5 heteroatoms. The number of nitrogens with two attached hydrogens (primary N) is 2. The molecule has 0 aliphatic carbocycles. The van der Waals surface area contributed by atoms with Crippen LogP contribution in [0.4, 0.5) is 0 Å². The maximum absolute atomic E-state index is 10.6. The average molecular weight is 257 g/mol. The smallest absolute Gasteiger partial charge is 0.217 e. The van der Waals surface area contributed by atoms with Gasteiger partial charge in [-0.15, -0.1) is 0 Å². The molecule has 0 aromatic heterocycles. The predicted octanol–water partition coefficient (Wildman–Crippen LogP) is 2.00. The van der Waals surface area contributed by atoms with E-state index in [9.17, 15) is 4.79 Å². The van der Waals surface area contributed by atoms with Crippen molar-refractivity contribution in [3.05, 3.63) is 28.8 Å². The fourth-order valence-electron chi connectivity index (χ4n) is 1.58. The zero-order valence-corrected chi connectivity index (χ0v) is 10.5. The van der Waals surface area contributed by atoms with Gasteiger partial charge >= 0.3 is 0 Å². The van der Waals surface area contributed by atoms with Gasteiger partial charge in [-0.1, -0.05) is 17.7 Å². The first-order chi connectivity index (χ1) is 8.04. The van der Waals surface area contributed by atoms with Gasteiger partial charge in [0.15, 0.2) is 0 Å². The molecule has 0 bridgehead atoms. The highest BCUT2D eigenvalue weighted by Gasteiger charge is 2.09. The number of methoxy groups -OCH3 is 1. The van der Waals surface area contributed by atoms with Crippen LogP contribution >= 0.6 is 11.6 Å². The van der Waals surface area contributed by atoms with Gasteiger partial charge in [0.05, 0.1) is 12.1 Å². The monoisotopic (exact) mass is 256 g/mol. The highest BCUT2D eigenvalue weighted by molar-refractivity contribution is 6.32. The number of ether oxygens (including phenoxy) is 1. The minimum atomic E-state index is -0.301. The SMILES string of the molecule is COc1ccc(C(N)CCCC(N)=O)cc1Cl. The number of carbonyl (C=O) groups excluding carboxylic acids is 1. The van der Waals surface area contributed by atoms with E-state index < -0.39 is 0 Å². The molecule has 0 saturated carbocycles. The van der Waals surface area contributed by atoms with Crippen molar-refractivity contribution < 1.29 is 9.53 Å². The molecule has 1 atom stereocenters. The molecule has 1 aromatic rings. The van der Waals surface area contributed by atoms with Crippen molar-refractivity contribution in [2.75, 3.05) is 7.11 Å². The highest BCUT2D eigenvalue weighted by Crippen LogP contribution is 2.28. The zero-order chi connectivity index (χ0) is 12.8. The number of amides is 1. The zero-order valence-electron chi connectivity index (χ0n) is 9.78. The summed E-state index contributed by atoms with van der Waals surface area (Å²) < 4.78 is 5.06. The standard InChI is InChI=1S/C12H17ClN2O2/c1-17-11-6-5-8(7-9(11)13)10(14)3-2-4-12(15)16/h5-7,10H,2-4,14H2,1H3,(H2,15,16). The first kappa shape index (κ1) is 13.8. The summed E-state index contributed by atoms with van der Waals surface area (Å²) in [5, 5.41) is 0.537. The molecule has 0 saturated heterocycles. The number of benzene rings is 1. The minimum absolute atomic E-state index is 0.141. The van der Waals surface area contributed by atoms with Crippen molar-refractivity contribution in [1.82, 2.24) is 0 Å². The normalized spacial score (nSPS) is 12.2. The largest absolute Gasteiger partial charge is 0.495 e. The Balaban J connectivity index is 2.59. The maximum Gasteiger partial charge on any atom is 0.217 e. The summed E-state index contributed by atoms with van der Waals surface area (Å²) in [5.41, 5.74) is 12.0. The molecule has 1 amide bonds. The van der Waals surface area contributed by atoms with E-state index in [0.717, 1.165) is 5.56 Å². The molecule has 0 radical (unpaired) electrons. The highest BCUT2D eigenvalue weighted by atomic mass is 35.5. The molecule has 4 nitrogen and oxygen atoms in total. The second-order valence-corrected chi connectivity index (χ2v) is 4.27. The molecule has 0 spiro atoms. The van der Waals surface area contributed by atoms with Gasteiger partial charge in [0.2, 0.25) is 5.91 Å². The van der Waals surface area contributed by atoms with E-state index in [-0.39, 0.29) is 11.9 Å². The summed E-state index contributed by atoms with van der Waals surface area (Å²) in [5.74, 6) is 0.324. The fourth-order valence-corrected chi connectivity index (χ4v) is 1.84. The molecule has 1 unspecified atom stereocenters. The summed E-state index contributed by atoms with van der Waals surface area (Å²) in [7, 11) is 1.56. The van der Waals surface area contributed by atoms with Crippen molar-refractivity contribution in [3.63, 3.8) is 0 Å². The Morgan fingerprint density at radius 3 is 2.76 bits per heavy atom. The molecular formula is C12H17ClN2O2. The number of rotatable bonds is 6. The van der Waals surface area contributed by atoms with Crippen LogP contribution in [0.15, 0.2) is 18.2 Å². The first-order valence-electron chi connectivity index (χ1n) is 5.42. The number of hydrogen-bond acceptors (Lipinski definition) is 3. The predicted molar refractivity (Wildman–Crippen MR) is 68.0 cm³/mol. The Morgan fingerprint density at radius 2 is 2.24 bits per heavy atom. The quantitative estimate of drug-likeness (QED) is 0.817. The molecule has 0 fully saturated rings. The second kappa shape index (κ2) is 6.47. The van der Waals surface area contributed by atoms with Crippen LogP contribution < -0.4 is 16.2 Å². The molecule has 1 aromatic carbocycles. The molecule has 17 heavy (non-hydrogen) atoms. The lowest BCUT2D eigenvalue weighted by atomic mass is 10.0. The Bertz CT molecular complexity index is 396. The van der Waals surface area contributed by atoms with Crippen LogP contribution in [0.3, 0.4) is 0 Å². The van der Waals surface area contributed by atoms with Crippen LogP contribution in [0, 0.1) is 0 Å². The van der Waals surface area contributed by atoms with E-state index in [2.05, 4.69) is 0 Å². The van der Waals surface area contributed by atoms with Gasteiger partial charge in [-0.2, -0.15) is 0 Å². The van der Waals surface area contributed by atoms with Crippen molar-refractivity contribution in [2.24, 2.45) is 11.5 Å². The van der Waals surface area contributed by atoms with Gasteiger partial charge in [-0.3, -0.25) is 4.79 Å². The molecule has 0 heterocycles. The first-order valence-corrected chi connectivity index (χ1v) is 5.79. The summed E-state index contributed by atoms with van der Waals surface area (Å²) in [6, 6.07) is 5.30. The van der Waals surface area contributed by atoms with E-state index in [1.165, 1.54) is 0 Å². The lowest BCUT2D eigenvalue weighted by Crippen LogP contribution is -2.14. The van der Waals surface area contributed by atoms with Crippen LogP contribution in [0.1, 0.15) is 30.9 Å². The number of primary amides is 1. The maximum atomic E-state index is 10.6. The molecule has 94 valence electrons. The summed E-state index contributed by atoms with van der Waals surface area (Å²) in [6.45, 7) is 0. The van der Waals surface area contributed by atoms with Gasteiger partial charge in [0.1, 0.15) is 5.75 Å². The van der Waals surface area contributed by atoms with E-state index in [4.69, 9.17) is 27.8 Å². The third-order valence-electron chi connectivity index (χ3n) is 2.54. The number of carbonyl (C=O) groups is 1. The third-order valence-corrected chi connectivity index (χ3v) is 2.84. The second-order valence-electron chi connectivity index (χ2n) is 3.86. The van der Waals surface area contributed by atoms with Crippen LogP contribution in [0.25, 0.3) is 0 Å². The van der Waals surface area contributed by atoms with Crippen LogP contribution in [-0.2, 0) is 4.79 Å². The Labute approximate surface area is 106 Å². The topological polar surface area (TPSA) is 78.3 Å². The summed E-state index contributed by atoms with van der Waals surface area (Å²) in [6.07, 6.45) is 1.74. The van der Waals surface area contributed by atoms with Crippen molar-refractivity contribution in [1.29, 1.82) is 0 Å². The summed E-state index contributed by atoms with van der Waals surface area (Å²) in [4.78, 5) is 10.6. The lowest BCUT2D eigenvalue weighted by molar-refractivity contribution is -0.118. The molecule has 1 rings (SSSR count). The van der Waals surface area contributed by atoms with Gasteiger partial charge in [-0.05, 0) is 30.5 Å². The minimum Gasteiger partial charge on any atom is -0.495 e. The van der Waals surface area contributed by atoms with E-state index in [1.54, 1.807) is 19.2 Å². The van der Waals surface area contributed by atoms with Gasteiger partial charge < -0.3 is 16.2 Å². The number of halogens is 1. The van der Waals surface area contributed by atoms with Crippen molar-refractivity contribution in [2.45, 2.75) is 25.3 Å². The van der Waals surface area contributed by atoms with Gasteiger partial charge in [0, 0.05) is 12.5 Å². The molecular weight excluding hydrogens is 240 g/mol. The summed E-state index contributed by atoms with van der Waals surface area (Å²) >= 11 is 6.00. The Kier molecular flexibility index (Phi) is 5.25. The number of hydrogen-bond donors (Lipinski definition) is 2. The van der Waals surface area contributed by atoms with Crippen molar-refractivity contribution in [3.8, 4) is 5.75 Å². The molecule has 4 N–H and O–H groups in total.